The molecule has 2 aromatic rings. The van der Waals surface area contributed by atoms with Gasteiger partial charge in [-0.1, -0.05) is 0 Å². The Morgan fingerprint density at radius 1 is 0.628 bits per heavy atom. The molecule has 0 fully saturated rings. The molecule has 2 rings (SSSR count). The van der Waals surface area contributed by atoms with Crippen LogP contribution in [0.2, 0.25) is 0 Å². The van der Waals surface area contributed by atoms with Gasteiger partial charge in [-0.05, 0) is 37.1 Å². The van der Waals surface area contributed by atoms with Crippen molar-refractivity contribution in [3.63, 3.8) is 0 Å². The number of nitrogens with one attached hydrogen (secondary N) is 2. The largest absolute Gasteiger partial charge is 2.00 e. The minimum absolute atomic E-state index is 0. The number of aryl methyl sites for hydroxylation is 2. The Morgan fingerprint density at radius 2 is 0.884 bits per heavy atom. The van der Waals surface area contributed by atoms with Crippen LogP contribution in [-0.2, 0) is 45.3 Å². The van der Waals surface area contributed by atoms with Gasteiger partial charge in [0.05, 0.1) is 49.4 Å². The van der Waals surface area contributed by atoms with Crippen molar-refractivity contribution >= 4 is 47.5 Å². The number of carbonyl (C=O) groups is 6. The van der Waals surface area contributed by atoms with Crippen LogP contribution in [0.5, 0.6) is 0 Å². The molecule has 2 heterocycles. The normalized spacial score (nSPS) is 9.40. The Balaban J connectivity index is -0.000000503. The molecular weight excluding hydrogens is 623 g/mol. The Bertz CT molecular complexity index is 999. The van der Waals surface area contributed by atoms with E-state index in [-0.39, 0.29) is 16.5 Å². The summed E-state index contributed by atoms with van der Waals surface area (Å²) in [5.74, 6) is -7.37. The van der Waals surface area contributed by atoms with Crippen molar-refractivity contribution in [2.24, 2.45) is 0 Å². The first-order valence-corrected chi connectivity index (χ1v) is 11.6. The van der Waals surface area contributed by atoms with Crippen molar-refractivity contribution in [1.29, 1.82) is 0 Å². The number of carbonyl (C=O) groups excluding carboxylic acids is 4. The van der Waals surface area contributed by atoms with E-state index in [1.165, 1.54) is 11.1 Å². The van der Waals surface area contributed by atoms with Gasteiger partial charge < -0.3 is 49.8 Å². The third kappa shape index (κ3) is 29.9. The van der Waals surface area contributed by atoms with E-state index in [1.807, 2.05) is 50.5 Å². The minimum atomic E-state index is -1.54. The molecule has 43 heavy (non-hydrogen) atoms. The molecule has 8 N–H and O–H groups in total. The Kier molecular flexibility index (Phi) is 23.6. The van der Waals surface area contributed by atoms with E-state index in [9.17, 15) is 49.2 Å². The topological polar surface area (TPSA) is 322 Å². The fourth-order valence-corrected chi connectivity index (χ4v) is 2.66. The van der Waals surface area contributed by atoms with E-state index >= 15 is 0 Å². The van der Waals surface area contributed by atoms with Gasteiger partial charge in [0, 0.05) is 38.3 Å². The van der Waals surface area contributed by atoms with Crippen molar-refractivity contribution in [2.75, 3.05) is 50.7 Å². The van der Waals surface area contributed by atoms with Gasteiger partial charge in [0.2, 0.25) is 0 Å². The third-order valence-corrected chi connectivity index (χ3v) is 4.09. The molecule has 19 heteroatoms. The van der Waals surface area contributed by atoms with Crippen LogP contribution >= 0.6 is 0 Å². The summed E-state index contributed by atoms with van der Waals surface area (Å²) in [7, 11) is 0. The zero-order chi connectivity index (χ0) is 32.8. The Morgan fingerprint density at radius 3 is 1.02 bits per heavy atom. The Hall–Kier alpha value is -4.87. The van der Waals surface area contributed by atoms with Gasteiger partial charge in [0.1, 0.15) is 0 Å². The molecule has 0 unspecified atom stereocenters. The van der Waals surface area contributed by atoms with Crippen LogP contribution in [0.1, 0.15) is 11.1 Å². The number of hydrogen-bond acceptors (Lipinski definition) is 14. The quantitative estimate of drug-likeness (QED) is 0.154. The van der Waals surface area contributed by atoms with Crippen molar-refractivity contribution in [3.8, 4) is 0 Å². The van der Waals surface area contributed by atoms with Crippen LogP contribution in [-0.4, -0.2) is 95.1 Å². The van der Waals surface area contributed by atoms with Gasteiger partial charge in [-0.25, -0.2) is 9.97 Å². The van der Waals surface area contributed by atoms with E-state index in [0.29, 0.717) is 21.4 Å². The molecule has 0 saturated carbocycles. The van der Waals surface area contributed by atoms with Gasteiger partial charge in [0.25, 0.3) is 11.6 Å². The molecular formula is C24H32N6NiO12. The maximum absolute atomic E-state index is 10.1. The van der Waals surface area contributed by atoms with E-state index in [4.69, 9.17) is 21.7 Å². The SMILES string of the molecule is Cc1cc[nH+]c(N)c1.Cc1cc[nH+]c(N)c1.O=C([O-])CN(CC(=O)[O-])CC(=O)O.O=C([O-])CN(CC(=O)[O-])CC(=O)O.[Ni+2]. The summed E-state index contributed by atoms with van der Waals surface area (Å²) in [6.45, 7) is -0.348. The Labute approximate surface area is 255 Å². The first-order valence-electron chi connectivity index (χ1n) is 11.6. The summed E-state index contributed by atoms with van der Waals surface area (Å²) in [6, 6.07) is 7.72. The first kappa shape index (κ1) is 42.6. The number of nitrogens with zero attached hydrogens (tertiary/aromatic N) is 2. The standard InChI is InChI=1S/2C6H8N2.2C6H9NO6.Ni/c2*1-5-2-3-8-6(7)4-5;2*8-4(9)1-7(2-5(10)11)3-6(12)13;/h2*2-4H,1H3,(H2,7,8);2*1-3H2,(H,8,9)(H,10,11)(H,12,13);/q;;;;+2/p-2. The average molecular weight is 655 g/mol. The summed E-state index contributed by atoms with van der Waals surface area (Å²) in [4.78, 5) is 67.3. The molecule has 2 aromatic heterocycles. The third-order valence-electron chi connectivity index (χ3n) is 4.09. The number of hydrogen-bond donors (Lipinski definition) is 4. The number of aliphatic carboxylic acids is 6. The maximum atomic E-state index is 10.1. The summed E-state index contributed by atoms with van der Waals surface area (Å²) >= 11 is 0. The van der Waals surface area contributed by atoms with Crippen LogP contribution in [0.4, 0.5) is 11.6 Å². The van der Waals surface area contributed by atoms with E-state index in [2.05, 4.69) is 9.97 Å². The van der Waals surface area contributed by atoms with E-state index < -0.39 is 75.1 Å². The summed E-state index contributed by atoms with van der Waals surface area (Å²) in [5, 5.41) is 56.5. The van der Waals surface area contributed by atoms with Gasteiger partial charge in [0.15, 0.2) is 0 Å². The smallest absolute Gasteiger partial charge is 0.549 e. The second-order valence-corrected chi connectivity index (χ2v) is 8.21. The number of aromatic amines is 2. The number of H-pyrrole nitrogens is 2. The number of rotatable bonds is 12. The van der Waals surface area contributed by atoms with Gasteiger partial charge in [-0.2, -0.15) is 0 Å². The maximum Gasteiger partial charge on any atom is 2.00 e. The molecule has 0 bridgehead atoms. The zero-order valence-corrected chi connectivity index (χ0v) is 24.0. The van der Waals surface area contributed by atoms with Crippen LogP contribution in [0.3, 0.4) is 0 Å². The molecule has 0 spiro atoms. The second-order valence-electron chi connectivity index (χ2n) is 8.21. The van der Waals surface area contributed by atoms with Crippen LogP contribution in [0.15, 0.2) is 36.7 Å². The fraction of sp³-hybridized carbons (Fsp3) is 0.333. The molecule has 240 valence electrons. The van der Waals surface area contributed by atoms with Crippen LogP contribution in [0.25, 0.3) is 0 Å². The van der Waals surface area contributed by atoms with Crippen molar-refractivity contribution in [2.45, 2.75) is 13.8 Å². The first-order chi connectivity index (χ1) is 19.4. The molecule has 0 atom stereocenters. The van der Waals surface area contributed by atoms with Gasteiger partial charge >= 0.3 is 28.4 Å². The molecule has 0 amide bonds. The van der Waals surface area contributed by atoms with Gasteiger partial charge in [-0.15, -0.1) is 0 Å². The minimum Gasteiger partial charge on any atom is -0.549 e. The van der Waals surface area contributed by atoms with Crippen LogP contribution in [0, 0.1) is 13.8 Å². The fourth-order valence-electron chi connectivity index (χ4n) is 2.66. The van der Waals surface area contributed by atoms with Crippen LogP contribution < -0.4 is 41.9 Å². The molecule has 0 aliphatic heterocycles. The number of aromatic nitrogens is 2. The van der Waals surface area contributed by atoms with Gasteiger partial charge in [-0.3, -0.25) is 30.9 Å². The number of pyridine rings is 2. The summed E-state index contributed by atoms with van der Waals surface area (Å²) in [5.41, 5.74) is 13.2. The molecule has 0 radical (unpaired) electrons. The summed E-state index contributed by atoms with van der Waals surface area (Å²) in [6.07, 6.45) is 3.65. The average Bonchev–Trinajstić information content (AvgIpc) is 2.77. The monoisotopic (exact) mass is 654 g/mol. The number of carboxylic acid groups (broad SMARTS) is 6. The molecule has 0 aliphatic carbocycles. The van der Waals surface area contributed by atoms with Crippen molar-refractivity contribution in [3.05, 3.63) is 47.8 Å². The zero-order valence-electron chi connectivity index (χ0n) is 23.0. The number of anilines is 2. The molecule has 0 aromatic carbocycles. The predicted octanol–water partition coefficient (Wildman–Crippen LogP) is -7.47. The van der Waals surface area contributed by atoms with Crippen molar-refractivity contribution in [1.82, 2.24) is 9.80 Å². The summed E-state index contributed by atoms with van der Waals surface area (Å²) < 4.78 is 0. The molecule has 0 aliphatic rings. The predicted molar refractivity (Wildman–Crippen MR) is 132 cm³/mol. The van der Waals surface area contributed by atoms with E-state index in [1.54, 1.807) is 0 Å². The van der Waals surface area contributed by atoms with E-state index in [0.717, 1.165) is 0 Å². The molecule has 0 saturated heterocycles. The molecule has 18 nitrogen and oxygen atoms in total. The number of carboxylic acids is 6. The number of nitrogen functional groups attached to an aromatic ring is 2. The van der Waals surface area contributed by atoms with Crippen molar-refractivity contribution < 1.29 is 85.9 Å². The number of nitrogens with two attached hydrogens (primary N) is 2. The second kappa shape index (κ2) is 23.8.